The van der Waals surface area contributed by atoms with Crippen LogP contribution >= 0.6 is 0 Å². The Hall–Kier alpha value is -2.08. The number of hydrogen-bond donors (Lipinski definition) is 0. The molecule has 2 aromatic rings. The number of rotatable bonds is 2. The van der Waals surface area contributed by atoms with Crippen LogP contribution in [-0.4, -0.2) is 9.78 Å². The van der Waals surface area contributed by atoms with Crippen molar-refractivity contribution in [2.45, 2.75) is 6.04 Å². The maximum atomic E-state index is 9.04. The van der Waals surface area contributed by atoms with Gasteiger partial charge >= 0.3 is 0 Å². The summed E-state index contributed by atoms with van der Waals surface area (Å²) in [5, 5.41) is 13.1. The fourth-order valence-corrected chi connectivity index (χ4v) is 1.36. The van der Waals surface area contributed by atoms with E-state index >= 15 is 0 Å². The van der Waals surface area contributed by atoms with E-state index in [4.69, 9.17) is 5.26 Å². The van der Waals surface area contributed by atoms with Gasteiger partial charge in [0.1, 0.15) is 0 Å². The van der Waals surface area contributed by atoms with E-state index in [1.165, 1.54) is 0 Å². The minimum Gasteiger partial charge on any atom is -0.251 e. The first kappa shape index (κ1) is 8.52. The Kier molecular flexibility index (Phi) is 2.28. The second-order valence-corrected chi connectivity index (χ2v) is 2.93. The van der Waals surface area contributed by atoms with Crippen LogP contribution in [-0.2, 0) is 0 Å². The number of benzene rings is 1. The van der Waals surface area contributed by atoms with Crippen molar-refractivity contribution in [1.29, 1.82) is 5.26 Å². The van der Waals surface area contributed by atoms with Gasteiger partial charge in [0, 0.05) is 12.4 Å². The van der Waals surface area contributed by atoms with Crippen LogP contribution in [0.4, 0.5) is 0 Å². The fourth-order valence-electron chi connectivity index (χ4n) is 1.36. The molecule has 0 spiro atoms. The zero-order valence-electron chi connectivity index (χ0n) is 7.54. The lowest BCUT2D eigenvalue weighted by Gasteiger charge is -2.08. The molecule has 0 N–H and O–H groups in total. The number of nitriles is 1. The van der Waals surface area contributed by atoms with Crippen molar-refractivity contribution in [3.8, 4) is 6.07 Å². The lowest BCUT2D eigenvalue weighted by molar-refractivity contribution is 0.621. The third-order valence-corrected chi connectivity index (χ3v) is 2.03. The highest BCUT2D eigenvalue weighted by Crippen LogP contribution is 2.15. The van der Waals surface area contributed by atoms with E-state index in [-0.39, 0.29) is 6.04 Å². The number of nitrogens with zero attached hydrogens (tertiary/aromatic N) is 3. The normalized spacial score (nSPS) is 11.9. The molecule has 3 nitrogen and oxygen atoms in total. The molecule has 0 fully saturated rings. The summed E-state index contributed by atoms with van der Waals surface area (Å²) < 4.78 is 1.65. The summed E-state index contributed by atoms with van der Waals surface area (Å²) >= 11 is 0. The van der Waals surface area contributed by atoms with Crippen molar-refractivity contribution < 1.29 is 0 Å². The molecule has 0 saturated heterocycles. The summed E-state index contributed by atoms with van der Waals surface area (Å²) in [6.45, 7) is 0. The first-order chi connectivity index (χ1) is 6.92. The second-order valence-electron chi connectivity index (χ2n) is 2.93. The molecule has 0 aliphatic carbocycles. The summed E-state index contributed by atoms with van der Waals surface area (Å²) in [7, 11) is 0. The van der Waals surface area contributed by atoms with Crippen molar-refractivity contribution in [3.63, 3.8) is 0 Å². The molecular weight excluding hydrogens is 174 g/mol. The highest BCUT2D eigenvalue weighted by Gasteiger charge is 2.11. The molecule has 68 valence electrons. The Morgan fingerprint density at radius 3 is 2.57 bits per heavy atom. The van der Waals surface area contributed by atoms with Gasteiger partial charge in [-0.15, -0.1) is 0 Å². The SMILES string of the molecule is N#CC(c1ccccc1)n1cccn1. The Bertz CT molecular complexity index is 425. The molecule has 0 aliphatic rings. The summed E-state index contributed by atoms with van der Waals surface area (Å²) in [6, 6.07) is 13.3. The van der Waals surface area contributed by atoms with Gasteiger partial charge in [-0.1, -0.05) is 30.3 Å². The number of hydrogen-bond acceptors (Lipinski definition) is 2. The molecule has 0 aliphatic heterocycles. The summed E-state index contributed by atoms with van der Waals surface area (Å²) in [6.07, 6.45) is 3.47. The highest BCUT2D eigenvalue weighted by molar-refractivity contribution is 5.24. The Labute approximate surface area is 82.2 Å². The topological polar surface area (TPSA) is 41.6 Å². The van der Waals surface area contributed by atoms with Crippen molar-refractivity contribution in [3.05, 3.63) is 54.4 Å². The molecule has 0 amide bonds. The van der Waals surface area contributed by atoms with Gasteiger partial charge in [0.05, 0.1) is 6.07 Å². The van der Waals surface area contributed by atoms with Crippen molar-refractivity contribution >= 4 is 0 Å². The van der Waals surface area contributed by atoms with Crippen LogP contribution in [0.5, 0.6) is 0 Å². The third kappa shape index (κ3) is 1.50. The quantitative estimate of drug-likeness (QED) is 0.714. The molecule has 1 aromatic carbocycles. The Morgan fingerprint density at radius 1 is 1.21 bits per heavy atom. The lowest BCUT2D eigenvalue weighted by Crippen LogP contribution is -2.08. The highest BCUT2D eigenvalue weighted by atomic mass is 15.3. The minimum absolute atomic E-state index is 0.328. The van der Waals surface area contributed by atoms with Crippen LogP contribution in [0.1, 0.15) is 11.6 Å². The molecule has 1 atom stereocenters. The maximum Gasteiger partial charge on any atom is 0.163 e. The van der Waals surface area contributed by atoms with Crippen LogP contribution in [0.25, 0.3) is 0 Å². The second kappa shape index (κ2) is 3.75. The van der Waals surface area contributed by atoms with Gasteiger partial charge in [0.2, 0.25) is 0 Å². The Morgan fingerprint density at radius 2 is 2.00 bits per heavy atom. The van der Waals surface area contributed by atoms with E-state index in [2.05, 4.69) is 11.2 Å². The molecule has 3 heteroatoms. The van der Waals surface area contributed by atoms with Gasteiger partial charge in [-0.3, -0.25) is 4.68 Å². The lowest BCUT2D eigenvalue weighted by atomic mass is 10.1. The minimum atomic E-state index is -0.328. The van der Waals surface area contributed by atoms with Gasteiger partial charge in [-0.05, 0) is 11.6 Å². The smallest absolute Gasteiger partial charge is 0.163 e. The van der Waals surface area contributed by atoms with Gasteiger partial charge in [-0.2, -0.15) is 10.4 Å². The van der Waals surface area contributed by atoms with Crippen LogP contribution in [0, 0.1) is 11.3 Å². The number of aromatic nitrogens is 2. The standard InChI is InChI=1S/C11H9N3/c12-9-11(14-8-4-7-13-14)10-5-2-1-3-6-10/h1-8,11H. The maximum absolute atomic E-state index is 9.04. The molecule has 0 bridgehead atoms. The summed E-state index contributed by atoms with van der Waals surface area (Å²) in [5.41, 5.74) is 0.957. The van der Waals surface area contributed by atoms with E-state index in [1.807, 2.05) is 36.4 Å². The zero-order chi connectivity index (χ0) is 9.80. The van der Waals surface area contributed by atoms with Crippen molar-refractivity contribution in [2.75, 3.05) is 0 Å². The molecule has 1 heterocycles. The molecule has 2 rings (SSSR count). The first-order valence-electron chi connectivity index (χ1n) is 4.35. The average molecular weight is 183 g/mol. The summed E-state index contributed by atoms with van der Waals surface area (Å²) in [4.78, 5) is 0. The average Bonchev–Trinajstić information content (AvgIpc) is 2.74. The molecule has 1 unspecified atom stereocenters. The van der Waals surface area contributed by atoms with Crippen LogP contribution in [0.3, 0.4) is 0 Å². The zero-order valence-corrected chi connectivity index (χ0v) is 7.54. The fraction of sp³-hybridized carbons (Fsp3) is 0.0909. The van der Waals surface area contributed by atoms with Crippen LogP contribution < -0.4 is 0 Å². The van der Waals surface area contributed by atoms with E-state index in [0.29, 0.717) is 0 Å². The predicted molar refractivity (Wildman–Crippen MR) is 52.4 cm³/mol. The van der Waals surface area contributed by atoms with Crippen LogP contribution in [0.15, 0.2) is 48.8 Å². The van der Waals surface area contributed by atoms with Gasteiger partial charge in [0.25, 0.3) is 0 Å². The van der Waals surface area contributed by atoms with Gasteiger partial charge in [-0.25, -0.2) is 0 Å². The van der Waals surface area contributed by atoms with Crippen molar-refractivity contribution in [2.24, 2.45) is 0 Å². The molecular formula is C11H9N3. The monoisotopic (exact) mass is 183 g/mol. The van der Waals surface area contributed by atoms with Gasteiger partial charge in [0.15, 0.2) is 6.04 Å². The predicted octanol–water partition coefficient (Wildman–Crippen LogP) is 2.00. The Balaban J connectivity index is 2.38. The molecule has 1 aromatic heterocycles. The third-order valence-electron chi connectivity index (χ3n) is 2.03. The van der Waals surface area contributed by atoms with E-state index < -0.39 is 0 Å². The molecule has 0 saturated carbocycles. The van der Waals surface area contributed by atoms with E-state index in [9.17, 15) is 0 Å². The van der Waals surface area contributed by atoms with E-state index in [1.54, 1.807) is 17.1 Å². The molecule has 14 heavy (non-hydrogen) atoms. The van der Waals surface area contributed by atoms with Gasteiger partial charge < -0.3 is 0 Å². The van der Waals surface area contributed by atoms with Crippen LogP contribution in [0.2, 0.25) is 0 Å². The van der Waals surface area contributed by atoms with Crippen molar-refractivity contribution in [1.82, 2.24) is 9.78 Å². The molecule has 0 radical (unpaired) electrons. The van der Waals surface area contributed by atoms with E-state index in [0.717, 1.165) is 5.56 Å². The largest absolute Gasteiger partial charge is 0.251 e. The summed E-state index contributed by atoms with van der Waals surface area (Å²) in [5.74, 6) is 0. The first-order valence-corrected chi connectivity index (χ1v) is 4.35.